The highest BCUT2D eigenvalue weighted by molar-refractivity contribution is 5.92. The Balaban J connectivity index is 1.95. The highest BCUT2D eigenvalue weighted by Crippen LogP contribution is 2.11. The van der Waals surface area contributed by atoms with Crippen LogP contribution in [0.5, 0.6) is 0 Å². The molecule has 0 radical (unpaired) electrons. The van der Waals surface area contributed by atoms with Crippen LogP contribution in [0.1, 0.15) is 42.4 Å². The number of aromatic nitrogens is 3. The number of pyridine rings is 1. The van der Waals surface area contributed by atoms with Crippen LogP contribution < -0.4 is 10.6 Å². The van der Waals surface area contributed by atoms with Gasteiger partial charge >= 0.3 is 0 Å². The molecule has 6 heteroatoms. The Morgan fingerprint density at radius 1 is 1.40 bits per heavy atom. The second-order valence-corrected chi connectivity index (χ2v) is 4.59. The Labute approximate surface area is 118 Å². The highest BCUT2D eigenvalue weighted by Gasteiger charge is 2.13. The molecule has 6 nitrogen and oxygen atoms in total. The molecule has 0 aliphatic rings. The molecule has 3 N–H and O–H groups in total. The quantitative estimate of drug-likeness (QED) is 0.753. The molecule has 1 atom stereocenters. The van der Waals surface area contributed by atoms with Crippen LogP contribution in [0.15, 0.2) is 30.7 Å². The molecular weight excluding hydrogens is 254 g/mol. The van der Waals surface area contributed by atoms with E-state index in [1.54, 1.807) is 24.7 Å². The molecule has 0 aliphatic heterocycles. The van der Waals surface area contributed by atoms with Gasteiger partial charge in [0.15, 0.2) is 0 Å². The number of carbonyl (C=O) groups is 1. The lowest BCUT2D eigenvalue weighted by Crippen LogP contribution is -2.27. The molecule has 2 aromatic heterocycles. The predicted molar refractivity (Wildman–Crippen MR) is 77.5 cm³/mol. The normalized spacial score (nSPS) is 11.9. The van der Waals surface area contributed by atoms with Crippen LogP contribution >= 0.6 is 0 Å². The standard InChI is InChI=1S/C14H19N5O/c1-3-6-15-12-4-5-13(16-9-12)14(20)19-10(2)11-7-17-18-8-11/h4-5,7-10,15H,3,6H2,1-2H3,(H,17,18)(H,19,20). The minimum Gasteiger partial charge on any atom is -0.384 e. The molecule has 1 unspecified atom stereocenters. The fourth-order valence-corrected chi connectivity index (χ4v) is 1.75. The smallest absolute Gasteiger partial charge is 0.270 e. The SMILES string of the molecule is CCCNc1ccc(C(=O)NC(C)c2cn[nH]c2)nc1. The van der Waals surface area contributed by atoms with Crippen molar-refractivity contribution >= 4 is 11.6 Å². The Kier molecular flexibility index (Phi) is 4.70. The van der Waals surface area contributed by atoms with Crippen molar-refractivity contribution in [2.24, 2.45) is 0 Å². The van der Waals surface area contributed by atoms with Crippen LogP contribution in [0.25, 0.3) is 0 Å². The van der Waals surface area contributed by atoms with Gasteiger partial charge in [-0.05, 0) is 25.5 Å². The number of hydrogen-bond acceptors (Lipinski definition) is 4. The van der Waals surface area contributed by atoms with Crippen molar-refractivity contribution in [1.29, 1.82) is 0 Å². The van der Waals surface area contributed by atoms with Gasteiger partial charge in [-0.15, -0.1) is 0 Å². The van der Waals surface area contributed by atoms with Crippen LogP contribution in [0.3, 0.4) is 0 Å². The van der Waals surface area contributed by atoms with Crippen molar-refractivity contribution < 1.29 is 4.79 Å². The van der Waals surface area contributed by atoms with E-state index in [1.165, 1.54) is 0 Å². The van der Waals surface area contributed by atoms with E-state index in [9.17, 15) is 4.79 Å². The Morgan fingerprint density at radius 3 is 2.85 bits per heavy atom. The van der Waals surface area contributed by atoms with Gasteiger partial charge < -0.3 is 10.6 Å². The molecule has 1 amide bonds. The average molecular weight is 273 g/mol. The summed E-state index contributed by atoms with van der Waals surface area (Å²) in [5.74, 6) is -0.194. The van der Waals surface area contributed by atoms with E-state index in [0.717, 1.165) is 24.2 Å². The summed E-state index contributed by atoms with van der Waals surface area (Å²) in [6, 6.07) is 3.47. The van der Waals surface area contributed by atoms with Crippen LogP contribution in [-0.2, 0) is 0 Å². The predicted octanol–water partition coefficient (Wildman–Crippen LogP) is 2.12. The summed E-state index contributed by atoms with van der Waals surface area (Å²) in [6.45, 7) is 4.89. The Hall–Kier alpha value is -2.37. The van der Waals surface area contributed by atoms with Crippen LogP contribution in [0.2, 0.25) is 0 Å². The number of carbonyl (C=O) groups excluding carboxylic acids is 1. The van der Waals surface area contributed by atoms with E-state index >= 15 is 0 Å². The van der Waals surface area contributed by atoms with E-state index in [4.69, 9.17) is 0 Å². The van der Waals surface area contributed by atoms with Gasteiger partial charge in [-0.3, -0.25) is 9.89 Å². The van der Waals surface area contributed by atoms with Crippen molar-refractivity contribution in [3.8, 4) is 0 Å². The molecule has 0 aliphatic carbocycles. The van der Waals surface area contributed by atoms with Gasteiger partial charge in [0.2, 0.25) is 0 Å². The van der Waals surface area contributed by atoms with Crippen molar-refractivity contribution in [2.45, 2.75) is 26.3 Å². The Bertz CT molecular complexity index is 535. The first-order valence-electron chi connectivity index (χ1n) is 6.70. The number of anilines is 1. The van der Waals surface area contributed by atoms with Gasteiger partial charge in [-0.1, -0.05) is 6.92 Å². The lowest BCUT2D eigenvalue weighted by molar-refractivity contribution is 0.0935. The topological polar surface area (TPSA) is 82.7 Å². The zero-order chi connectivity index (χ0) is 14.4. The summed E-state index contributed by atoms with van der Waals surface area (Å²) in [6.07, 6.45) is 6.17. The lowest BCUT2D eigenvalue weighted by atomic mass is 10.2. The highest BCUT2D eigenvalue weighted by atomic mass is 16.1. The first kappa shape index (κ1) is 14.0. The Morgan fingerprint density at radius 2 is 2.25 bits per heavy atom. The molecule has 0 fully saturated rings. The van der Waals surface area contributed by atoms with Crippen LogP contribution in [0, 0.1) is 0 Å². The summed E-state index contributed by atoms with van der Waals surface area (Å²) in [7, 11) is 0. The zero-order valence-electron chi connectivity index (χ0n) is 11.7. The number of aromatic amines is 1. The fraction of sp³-hybridized carbons (Fsp3) is 0.357. The van der Waals surface area contributed by atoms with Gasteiger partial charge in [0.1, 0.15) is 5.69 Å². The van der Waals surface area contributed by atoms with Gasteiger partial charge in [0.05, 0.1) is 24.1 Å². The minimum atomic E-state index is -0.194. The van der Waals surface area contributed by atoms with E-state index < -0.39 is 0 Å². The first-order valence-corrected chi connectivity index (χ1v) is 6.70. The minimum absolute atomic E-state index is 0.110. The lowest BCUT2D eigenvalue weighted by Gasteiger charge is -2.12. The van der Waals surface area contributed by atoms with Crippen molar-refractivity contribution in [3.63, 3.8) is 0 Å². The molecule has 2 rings (SSSR count). The van der Waals surface area contributed by atoms with E-state index in [0.29, 0.717) is 5.69 Å². The third kappa shape index (κ3) is 3.57. The molecule has 0 aromatic carbocycles. The van der Waals surface area contributed by atoms with Crippen molar-refractivity contribution in [1.82, 2.24) is 20.5 Å². The number of rotatable bonds is 6. The molecule has 0 bridgehead atoms. The summed E-state index contributed by atoms with van der Waals surface area (Å²) in [4.78, 5) is 16.2. The van der Waals surface area contributed by atoms with Crippen LogP contribution in [-0.4, -0.2) is 27.6 Å². The van der Waals surface area contributed by atoms with E-state index in [2.05, 4.69) is 32.7 Å². The number of amides is 1. The molecular formula is C14H19N5O. The second-order valence-electron chi connectivity index (χ2n) is 4.59. The number of hydrogen-bond donors (Lipinski definition) is 3. The molecule has 106 valence electrons. The molecule has 20 heavy (non-hydrogen) atoms. The summed E-state index contributed by atoms with van der Waals surface area (Å²) >= 11 is 0. The number of nitrogens with one attached hydrogen (secondary N) is 3. The molecule has 2 aromatic rings. The van der Waals surface area contributed by atoms with Gasteiger partial charge in [0, 0.05) is 18.3 Å². The maximum atomic E-state index is 12.1. The third-order valence-corrected chi connectivity index (χ3v) is 2.94. The zero-order valence-corrected chi connectivity index (χ0v) is 11.7. The van der Waals surface area contributed by atoms with Gasteiger partial charge in [0.25, 0.3) is 5.91 Å². The number of nitrogens with zero attached hydrogens (tertiary/aromatic N) is 2. The number of H-pyrrole nitrogens is 1. The maximum absolute atomic E-state index is 12.1. The molecule has 2 heterocycles. The van der Waals surface area contributed by atoms with Crippen LogP contribution in [0.4, 0.5) is 5.69 Å². The van der Waals surface area contributed by atoms with Crippen molar-refractivity contribution in [3.05, 3.63) is 42.0 Å². The monoisotopic (exact) mass is 273 g/mol. The molecule has 0 saturated heterocycles. The summed E-state index contributed by atoms with van der Waals surface area (Å²) in [5.41, 5.74) is 2.26. The maximum Gasteiger partial charge on any atom is 0.270 e. The fourth-order valence-electron chi connectivity index (χ4n) is 1.75. The summed E-state index contributed by atoms with van der Waals surface area (Å²) < 4.78 is 0. The second kappa shape index (κ2) is 6.70. The summed E-state index contributed by atoms with van der Waals surface area (Å²) in [5, 5.41) is 12.7. The van der Waals surface area contributed by atoms with Crippen molar-refractivity contribution in [2.75, 3.05) is 11.9 Å². The van der Waals surface area contributed by atoms with E-state index in [1.807, 2.05) is 13.0 Å². The largest absolute Gasteiger partial charge is 0.384 e. The molecule has 0 spiro atoms. The van der Waals surface area contributed by atoms with Gasteiger partial charge in [-0.25, -0.2) is 4.98 Å². The van der Waals surface area contributed by atoms with Gasteiger partial charge in [-0.2, -0.15) is 5.10 Å². The first-order chi connectivity index (χ1) is 9.70. The molecule has 0 saturated carbocycles. The third-order valence-electron chi connectivity index (χ3n) is 2.94. The average Bonchev–Trinajstić information content (AvgIpc) is 3.00. The van der Waals surface area contributed by atoms with E-state index in [-0.39, 0.29) is 11.9 Å².